The molecule has 0 saturated heterocycles. The Kier molecular flexibility index (Phi) is 2.80. The van der Waals surface area contributed by atoms with Gasteiger partial charge in [-0.25, -0.2) is 0 Å². The topological polar surface area (TPSA) is 48.1 Å². The average Bonchev–Trinajstić information content (AvgIpc) is 2.46. The predicted molar refractivity (Wildman–Crippen MR) is 78.1 cm³/mol. The third-order valence-corrected chi connectivity index (χ3v) is 3.22. The first kappa shape index (κ1) is 11.5. The normalized spacial score (nSPS) is 10.6. The van der Waals surface area contributed by atoms with Crippen LogP contribution in [0.2, 0.25) is 0 Å². The fraction of sp³-hybridized carbons (Fsp3) is 0.0625. The van der Waals surface area contributed by atoms with Crippen LogP contribution in [0, 0.1) is 0 Å². The standard InChI is InChI=1S/C16H14N2O/c1-19-16-6-5-11(9-15(16)17)13-4-2-3-12-10-18-8-7-14(12)13/h2-10H,17H2,1H3. The summed E-state index contributed by atoms with van der Waals surface area (Å²) >= 11 is 0. The highest BCUT2D eigenvalue weighted by atomic mass is 16.5. The van der Waals surface area contributed by atoms with Gasteiger partial charge in [0.15, 0.2) is 0 Å². The molecule has 0 spiro atoms. The zero-order chi connectivity index (χ0) is 13.2. The number of hydrogen-bond acceptors (Lipinski definition) is 3. The van der Waals surface area contributed by atoms with E-state index in [4.69, 9.17) is 10.5 Å². The van der Waals surface area contributed by atoms with E-state index >= 15 is 0 Å². The van der Waals surface area contributed by atoms with Crippen LogP contribution in [-0.2, 0) is 0 Å². The monoisotopic (exact) mass is 250 g/mol. The van der Waals surface area contributed by atoms with Crippen molar-refractivity contribution in [3.8, 4) is 16.9 Å². The second kappa shape index (κ2) is 4.61. The van der Waals surface area contributed by atoms with Gasteiger partial charge in [-0.2, -0.15) is 0 Å². The molecular formula is C16H14N2O. The molecule has 1 heterocycles. The first-order valence-corrected chi connectivity index (χ1v) is 6.06. The van der Waals surface area contributed by atoms with Gasteiger partial charge in [0.05, 0.1) is 12.8 Å². The van der Waals surface area contributed by atoms with Gasteiger partial charge in [-0.05, 0) is 34.7 Å². The highest BCUT2D eigenvalue weighted by molar-refractivity contribution is 5.96. The van der Waals surface area contributed by atoms with Crippen molar-refractivity contribution in [3.05, 3.63) is 54.9 Å². The number of aromatic nitrogens is 1. The number of ether oxygens (including phenoxy) is 1. The zero-order valence-corrected chi connectivity index (χ0v) is 10.6. The Hall–Kier alpha value is -2.55. The number of pyridine rings is 1. The third kappa shape index (κ3) is 1.99. The summed E-state index contributed by atoms with van der Waals surface area (Å²) in [6.07, 6.45) is 3.67. The Bertz CT molecular complexity index is 732. The average molecular weight is 250 g/mol. The molecule has 19 heavy (non-hydrogen) atoms. The number of nitrogens with zero attached hydrogens (tertiary/aromatic N) is 1. The number of nitrogen functional groups attached to an aromatic ring is 1. The molecule has 3 heteroatoms. The molecule has 0 aliphatic rings. The maximum absolute atomic E-state index is 5.98. The van der Waals surface area contributed by atoms with Crippen molar-refractivity contribution in [1.29, 1.82) is 0 Å². The van der Waals surface area contributed by atoms with Crippen molar-refractivity contribution in [2.24, 2.45) is 0 Å². The number of anilines is 1. The summed E-state index contributed by atoms with van der Waals surface area (Å²) in [6, 6.07) is 14.0. The molecule has 94 valence electrons. The van der Waals surface area contributed by atoms with Gasteiger partial charge >= 0.3 is 0 Å². The van der Waals surface area contributed by atoms with Crippen LogP contribution >= 0.6 is 0 Å². The van der Waals surface area contributed by atoms with E-state index in [1.54, 1.807) is 13.3 Å². The van der Waals surface area contributed by atoms with Gasteiger partial charge in [-0.3, -0.25) is 4.98 Å². The van der Waals surface area contributed by atoms with E-state index in [-0.39, 0.29) is 0 Å². The summed E-state index contributed by atoms with van der Waals surface area (Å²) in [5.41, 5.74) is 8.85. The lowest BCUT2D eigenvalue weighted by Crippen LogP contribution is -1.92. The number of nitrogens with two attached hydrogens (primary N) is 1. The molecule has 0 amide bonds. The molecule has 0 aliphatic heterocycles. The van der Waals surface area contributed by atoms with Crippen LogP contribution in [0.5, 0.6) is 5.75 Å². The lowest BCUT2D eigenvalue weighted by molar-refractivity contribution is 0.417. The van der Waals surface area contributed by atoms with E-state index in [1.807, 2.05) is 36.5 Å². The van der Waals surface area contributed by atoms with Gasteiger partial charge in [-0.15, -0.1) is 0 Å². The van der Waals surface area contributed by atoms with E-state index in [9.17, 15) is 0 Å². The van der Waals surface area contributed by atoms with Crippen molar-refractivity contribution >= 4 is 16.5 Å². The fourth-order valence-electron chi connectivity index (χ4n) is 2.28. The summed E-state index contributed by atoms with van der Waals surface area (Å²) in [5.74, 6) is 0.700. The lowest BCUT2D eigenvalue weighted by Gasteiger charge is -2.09. The Labute approximate surface area is 111 Å². The third-order valence-electron chi connectivity index (χ3n) is 3.22. The molecular weight excluding hydrogens is 236 g/mol. The summed E-state index contributed by atoms with van der Waals surface area (Å²) in [5, 5.41) is 2.29. The second-order valence-electron chi connectivity index (χ2n) is 4.36. The summed E-state index contributed by atoms with van der Waals surface area (Å²) in [4.78, 5) is 4.15. The molecule has 0 atom stereocenters. The molecule has 2 N–H and O–H groups in total. The summed E-state index contributed by atoms with van der Waals surface area (Å²) in [7, 11) is 1.62. The molecule has 0 unspecified atom stereocenters. The smallest absolute Gasteiger partial charge is 0.141 e. The highest BCUT2D eigenvalue weighted by Crippen LogP contribution is 2.32. The zero-order valence-electron chi connectivity index (χ0n) is 10.6. The van der Waals surface area contributed by atoms with Crippen LogP contribution < -0.4 is 10.5 Å². The van der Waals surface area contributed by atoms with Crippen molar-refractivity contribution < 1.29 is 4.74 Å². The maximum atomic E-state index is 5.98. The molecule has 3 nitrogen and oxygen atoms in total. The highest BCUT2D eigenvalue weighted by Gasteiger charge is 2.06. The Morgan fingerprint density at radius 2 is 2.00 bits per heavy atom. The molecule has 3 aromatic rings. The minimum Gasteiger partial charge on any atom is -0.495 e. The van der Waals surface area contributed by atoms with Crippen molar-refractivity contribution in [2.75, 3.05) is 12.8 Å². The van der Waals surface area contributed by atoms with E-state index in [2.05, 4.69) is 17.1 Å². The maximum Gasteiger partial charge on any atom is 0.141 e. The van der Waals surface area contributed by atoms with Crippen molar-refractivity contribution in [1.82, 2.24) is 4.98 Å². The summed E-state index contributed by atoms with van der Waals surface area (Å²) in [6.45, 7) is 0. The SMILES string of the molecule is COc1ccc(-c2cccc3cnccc23)cc1N. The van der Waals surface area contributed by atoms with Crippen molar-refractivity contribution in [3.63, 3.8) is 0 Å². The van der Waals surface area contributed by atoms with Gasteiger partial charge in [0.25, 0.3) is 0 Å². The Morgan fingerprint density at radius 3 is 2.79 bits per heavy atom. The van der Waals surface area contributed by atoms with Crippen LogP contribution in [0.1, 0.15) is 0 Å². The molecule has 0 bridgehead atoms. The van der Waals surface area contributed by atoms with Crippen LogP contribution in [0.25, 0.3) is 21.9 Å². The van der Waals surface area contributed by atoms with Gasteiger partial charge < -0.3 is 10.5 Å². The van der Waals surface area contributed by atoms with Crippen LogP contribution in [0.4, 0.5) is 5.69 Å². The number of benzene rings is 2. The van der Waals surface area contributed by atoms with E-state index in [1.165, 1.54) is 5.39 Å². The Balaban J connectivity index is 2.22. The van der Waals surface area contributed by atoms with Gasteiger partial charge in [-0.1, -0.05) is 24.3 Å². The van der Waals surface area contributed by atoms with E-state index < -0.39 is 0 Å². The van der Waals surface area contributed by atoms with Gasteiger partial charge in [0.1, 0.15) is 5.75 Å². The minimum atomic E-state index is 0.644. The molecule has 0 aliphatic carbocycles. The molecule has 1 aromatic heterocycles. The first-order chi connectivity index (χ1) is 9.29. The number of fused-ring (bicyclic) bond motifs is 1. The molecule has 0 radical (unpaired) electrons. The summed E-state index contributed by atoms with van der Waals surface area (Å²) < 4.78 is 5.19. The minimum absolute atomic E-state index is 0.644. The quantitative estimate of drug-likeness (QED) is 0.708. The molecule has 0 saturated carbocycles. The molecule has 0 fully saturated rings. The number of hydrogen-bond donors (Lipinski definition) is 1. The predicted octanol–water partition coefficient (Wildman–Crippen LogP) is 3.49. The van der Waals surface area contributed by atoms with Gasteiger partial charge in [0, 0.05) is 17.8 Å². The van der Waals surface area contributed by atoms with E-state index in [0.717, 1.165) is 16.5 Å². The number of rotatable bonds is 2. The molecule has 3 rings (SSSR count). The van der Waals surface area contributed by atoms with Crippen LogP contribution in [0.15, 0.2) is 54.9 Å². The fourth-order valence-corrected chi connectivity index (χ4v) is 2.28. The van der Waals surface area contributed by atoms with E-state index in [0.29, 0.717) is 11.4 Å². The second-order valence-corrected chi connectivity index (χ2v) is 4.36. The van der Waals surface area contributed by atoms with Gasteiger partial charge in [0.2, 0.25) is 0 Å². The Morgan fingerprint density at radius 1 is 1.11 bits per heavy atom. The van der Waals surface area contributed by atoms with Crippen LogP contribution in [0.3, 0.4) is 0 Å². The largest absolute Gasteiger partial charge is 0.495 e. The number of methoxy groups -OCH3 is 1. The first-order valence-electron chi connectivity index (χ1n) is 6.06. The van der Waals surface area contributed by atoms with Crippen molar-refractivity contribution in [2.45, 2.75) is 0 Å². The molecule has 2 aromatic carbocycles. The van der Waals surface area contributed by atoms with Crippen LogP contribution in [-0.4, -0.2) is 12.1 Å². The lowest BCUT2D eigenvalue weighted by atomic mass is 9.99.